The number of aliphatic hydroxyl groups excluding tert-OH is 1. The van der Waals surface area contributed by atoms with Gasteiger partial charge in [0.1, 0.15) is 5.75 Å². The van der Waals surface area contributed by atoms with Crippen LogP contribution in [0.25, 0.3) is 0 Å². The van der Waals surface area contributed by atoms with Crippen LogP contribution >= 0.6 is 0 Å². The number of para-hydroxylation sites is 1. The minimum absolute atomic E-state index is 0.00242. The molecule has 4 nitrogen and oxygen atoms in total. The first-order valence-corrected chi connectivity index (χ1v) is 6.91. The van der Waals surface area contributed by atoms with Crippen LogP contribution in [0.4, 0.5) is 0 Å². The smallest absolute Gasteiger partial charge is 0.220 e. The Morgan fingerprint density at radius 2 is 2.11 bits per heavy atom. The number of nitrogens with one attached hydrogen (secondary N) is 1. The highest BCUT2D eigenvalue weighted by Gasteiger charge is 2.26. The number of carbonyl (C=O) groups excluding carboxylic acids is 1. The number of aliphatic hydroxyl groups is 1. The molecule has 2 N–H and O–H groups in total. The Morgan fingerprint density at radius 3 is 2.79 bits per heavy atom. The number of benzene rings is 1. The Kier molecular flexibility index (Phi) is 5.21. The summed E-state index contributed by atoms with van der Waals surface area (Å²) in [5, 5.41) is 12.5. The Balaban J connectivity index is 1.59. The van der Waals surface area contributed by atoms with Gasteiger partial charge in [-0.15, -0.1) is 0 Å². The molecule has 1 aromatic rings. The number of hydrogen-bond donors (Lipinski definition) is 2. The van der Waals surface area contributed by atoms with Gasteiger partial charge in [0.25, 0.3) is 0 Å². The zero-order valence-corrected chi connectivity index (χ0v) is 11.0. The summed E-state index contributed by atoms with van der Waals surface area (Å²) >= 11 is 0. The van der Waals surface area contributed by atoms with Crippen molar-refractivity contribution >= 4 is 5.91 Å². The van der Waals surface area contributed by atoms with Gasteiger partial charge in [0.05, 0.1) is 18.8 Å². The monoisotopic (exact) mass is 263 g/mol. The number of amides is 1. The largest absolute Gasteiger partial charge is 0.494 e. The molecule has 4 heteroatoms. The van der Waals surface area contributed by atoms with E-state index in [4.69, 9.17) is 4.74 Å². The van der Waals surface area contributed by atoms with E-state index in [1.807, 2.05) is 30.3 Å². The molecule has 2 rings (SSSR count). The second kappa shape index (κ2) is 7.14. The molecule has 1 fully saturated rings. The Labute approximate surface area is 113 Å². The summed E-state index contributed by atoms with van der Waals surface area (Å²) < 4.78 is 5.52. The van der Waals surface area contributed by atoms with Crippen LogP contribution in [0.3, 0.4) is 0 Å². The van der Waals surface area contributed by atoms with Gasteiger partial charge in [0.2, 0.25) is 5.91 Å². The summed E-state index contributed by atoms with van der Waals surface area (Å²) in [5.74, 6) is 0.830. The fraction of sp³-hybridized carbons (Fsp3) is 0.533. The zero-order chi connectivity index (χ0) is 13.5. The Hall–Kier alpha value is -1.55. The lowest BCUT2D eigenvalue weighted by atomic mass is 10.2. The molecule has 1 saturated carbocycles. The third kappa shape index (κ3) is 4.56. The van der Waals surface area contributed by atoms with E-state index in [1.165, 1.54) is 0 Å². The minimum Gasteiger partial charge on any atom is -0.494 e. The van der Waals surface area contributed by atoms with Crippen LogP contribution in [0.1, 0.15) is 32.1 Å². The minimum atomic E-state index is -0.371. The van der Waals surface area contributed by atoms with Crippen LogP contribution < -0.4 is 10.1 Å². The Bertz CT molecular complexity index is 394. The second-order valence-electron chi connectivity index (χ2n) is 4.94. The van der Waals surface area contributed by atoms with Gasteiger partial charge in [0.15, 0.2) is 0 Å². The van der Waals surface area contributed by atoms with Crippen LogP contribution in [-0.4, -0.2) is 29.8 Å². The van der Waals surface area contributed by atoms with Gasteiger partial charge in [-0.1, -0.05) is 18.2 Å². The van der Waals surface area contributed by atoms with E-state index in [9.17, 15) is 9.90 Å². The molecule has 0 aliphatic heterocycles. The second-order valence-corrected chi connectivity index (χ2v) is 4.94. The summed E-state index contributed by atoms with van der Waals surface area (Å²) in [6, 6.07) is 9.52. The molecule has 0 aromatic heterocycles. The third-order valence-corrected chi connectivity index (χ3v) is 3.39. The highest BCUT2D eigenvalue weighted by Crippen LogP contribution is 2.18. The first-order valence-electron chi connectivity index (χ1n) is 6.91. The standard InChI is InChI=1S/C15H21NO3/c17-14-9-4-8-13(14)16-15(18)10-5-11-19-12-6-2-1-3-7-12/h1-3,6-7,13-14,17H,4-5,8-11H2,(H,16,18). The van der Waals surface area contributed by atoms with Gasteiger partial charge in [-0.05, 0) is 37.8 Å². The predicted molar refractivity (Wildman–Crippen MR) is 73.0 cm³/mol. The molecule has 0 spiro atoms. The van der Waals surface area contributed by atoms with Crippen molar-refractivity contribution in [2.45, 2.75) is 44.2 Å². The van der Waals surface area contributed by atoms with E-state index < -0.39 is 0 Å². The van der Waals surface area contributed by atoms with Crippen molar-refractivity contribution < 1.29 is 14.6 Å². The summed E-state index contributed by atoms with van der Waals surface area (Å²) in [7, 11) is 0. The molecule has 2 atom stereocenters. The molecule has 2 unspecified atom stereocenters. The fourth-order valence-electron chi connectivity index (χ4n) is 2.33. The lowest BCUT2D eigenvalue weighted by Crippen LogP contribution is -2.39. The van der Waals surface area contributed by atoms with Gasteiger partial charge in [-0.2, -0.15) is 0 Å². The maximum Gasteiger partial charge on any atom is 0.220 e. The van der Waals surface area contributed by atoms with E-state index >= 15 is 0 Å². The predicted octanol–water partition coefficient (Wildman–Crippen LogP) is 1.88. The Morgan fingerprint density at radius 1 is 1.32 bits per heavy atom. The lowest BCUT2D eigenvalue weighted by Gasteiger charge is -2.16. The highest BCUT2D eigenvalue weighted by atomic mass is 16.5. The summed E-state index contributed by atoms with van der Waals surface area (Å²) in [5.41, 5.74) is 0. The summed E-state index contributed by atoms with van der Waals surface area (Å²) in [6.45, 7) is 0.532. The number of rotatable bonds is 6. The van der Waals surface area contributed by atoms with Gasteiger partial charge < -0.3 is 15.2 Å². The zero-order valence-electron chi connectivity index (χ0n) is 11.0. The van der Waals surface area contributed by atoms with E-state index in [0.29, 0.717) is 19.4 Å². The molecule has 1 aliphatic carbocycles. The SMILES string of the molecule is O=C(CCCOc1ccccc1)NC1CCCC1O. The van der Waals surface area contributed by atoms with Crippen molar-refractivity contribution in [3.05, 3.63) is 30.3 Å². The number of ether oxygens (including phenoxy) is 1. The molecule has 0 bridgehead atoms. The fourth-order valence-corrected chi connectivity index (χ4v) is 2.33. The quantitative estimate of drug-likeness (QED) is 0.770. The van der Waals surface area contributed by atoms with Crippen molar-refractivity contribution in [1.29, 1.82) is 0 Å². The van der Waals surface area contributed by atoms with Crippen LogP contribution in [0.5, 0.6) is 5.75 Å². The van der Waals surface area contributed by atoms with Gasteiger partial charge in [0, 0.05) is 6.42 Å². The van der Waals surface area contributed by atoms with Gasteiger partial charge in [-0.3, -0.25) is 4.79 Å². The van der Waals surface area contributed by atoms with Crippen molar-refractivity contribution in [3.8, 4) is 5.75 Å². The van der Waals surface area contributed by atoms with Crippen molar-refractivity contribution in [1.82, 2.24) is 5.32 Å². The molecule has 104 valence electrons. The molecule has 0 heterocycles. The third-order valence-electron chi connectivity index (χ3n) is 3.39. The topological polar surface area (TPSA) is 58.6 Å². The normalized spacial score (nSPS) is 22.2. The molecule has 1 aliphatic rings. The number of carbonyl (C=O) groups is 1. The van der Waals surface area contributed by atoms with E-state index in [-0.39, 0.29) is 18.1 Å². The van der Waals surface area contributed by atoms with Crippen LogP contribution in [-0.2, 0) is 4.79 Å². The highest BCUT2D eigenvalue weighted by molar-refractivity contribution is 5.76. The van der Waals surface area contributed by atoms with Crippen LogP contribution in [0.15, 0.2) is 30.3 Å². The first-order chi connectivity index (χ1) is 9.25. The van der Waals surface area contributed by atoms with Gasteiger partial charge >= 0.3 is 0 Å². The van der Waals surface area contributed by atoms with E-state index in [1.54, 1.807) is 0 Å². The average molecular weight is 263 g/mol. The maximum atomic E-state index is 11.7. The lowest BCUT2D eigenvalue weighted by molar-refractivity contribution is -0.122. The molecule has 1 aromatic carbocycles. The van der Waals surface area contributed by atoms with Crippen molar-refractivity contribution in [2.75, 3.05) is 6.61 Å². The number of hydrogen-bond acceptors (Lipinski definition) is 3. The molecule has 1 amide bonds. The van der Waals surface area contributed by atoms with Crippen LogP contribution in [0, 0.1) is 0 Å². The first kappa shape index (κ1) is 13.9. The molecular formula is C15H21NO3. The maximum absolute atomic E-state index is 11.7. The molecule has 0 radical (unpaired) electrons. The molecular weight excluding hydrogens is 242 g/mol. The van der Waals surface area contributed by atoms with Crippen LogP contribution in [0.2, 0.25) is 0 Å². The molecule has 0 saturated heterocycles. The van der Waals surface area contributed by atoms with E-state index in [2.05, 4.69) is 5.32 Å². The average Bonchev–Trinajstić information content (AvgIpc) is 2.82. The van der Waals surface area contributed by atoms with E-state index in [0.717, 1.165) is 25.0 Å². The van der Waals surface area contributed by atoms with Crippen molar-refractivity contribution in [3.63, 3.8) is 0 Å². The summed E-state index contributed by atoms with van der Waals surface area (Å²) in [4.78, 5) is 11.7. The van der Waals surface area contributed by atoms with Crippen molar-refractivity contribution in [2.24, 2.45) is 0 Å². The van der Waals surface area contributed by atoms with Gasteiger partial charge in [-0.25, -0.2) is 0 Å². The summed E-state index contributed by atoms with van der Waals surface area (Å²) in [6.07, 6.45) is 3.42. The molecule has 19 heavy (non-hydrogen) atoms.